The number of rotatable bonds is 4. The second-order valence-electron chi connectivity index (χ2n) is 2.59. The highest BCUT2D eigenvalue weighted by atomic mass is 16.6. The predicted molar refractivity (Wildman–Crippen MR) is 48.8 cm³/mol. The Hall–Kier alpha value is -0.730. The van der Waals surface area contributed by atoms with E-state index in [1.54, 1.807) is 4.90 Å². The Morgan fingerprint density at radius 2 is 2.00 bits per heavy atom. The molecule has 0 aromatic heterocycles. The molecule has 1 unspecified atom stereocenters. The molecule has 1 amide bonds. The molecule has 71 valence electrons. The molecule has 0 bridgehead atoms. The first-order chi connectivity index (χ1) is 5.65. The van der Waals surface area contributed by atoms with Gasteiger partial charge in [0.25, 0.3) is 0 Å². The molecule has 0 saturated carbocycles. The Morgan fingerprint density at radius 1 is 1.50 bits per heavy atom. The number of nitrogens with zero attached hydrogens (tertiary/aromatic N) is 1. The van der Waals surface area contributed by atoms with Crippen molar-refractivity contribution < 1.29 is 9.53 Å². The third-order valence-corrected chi connectivity index (χ3v) is 1.78. The van der Waals surface area contributed by atoms with Crippen molar-refractivity contribution in [1.82, 2.24) is 4.90 Å². The van der Waals surface area contributed by atoms with Gasteiger partial charge in [-0.3, -0.25) is 0 Å². The van der Waals surface area contributed by atoms with Gasteiger partial charge in [0.05, 0.1) is 0 Å². The summed E-state index contributed by atoms with van der Waals surface area (Å²) in [4.78, 5) is 12.9. The summed E-state index contributed by atoms with van der Waals surface area (Å²) in [6.07, 6.45) is 1.52. The van der Waals surface area contributed by atoms with Crippen molar-refractivity contribution >= 4 is 6.09 Å². The van der Waals surface area contributed by atoms with Crippen LogP contribution in [0, 0.1) is 6.42 Å². The van der Waals surface area contributed by atoms with E-state index in [2.05, 4.69) is 0 Å². The van der Waals surface area contributed by atoms with E-state index < -0.39 is 0 Å². The van der Waals surface area contributed by atoms with E-state index in [0.29, 0.717) is 13.1 Å². The summed E-state index contributed by atoms with van der Waals surface area (Å²) >= 11 is 0. The lowest BCUT2D eigenvalue weighted by atomic mass is 10.3. The minimum absolute atomic E-state index is 0.0990. The second-order valence-corrected chi connectivity index (χ2v) is 2.59. The molecule has 0 aliphatic rings. The maximum absolute atomic E-state index is 11.3. The molecule has 12 heavy (non-hydrogen) atoms. The van der Waals surface area contributed by atoms with Crippen LogP contribution in [0.15, 0.2) is 0 Å². The van der Waals surface area contributed by atoms with Crippen molar-refractivity contribution in [3.05, 3.63) is 6.42 Å². The van der Waals surface area contributed by atoms with Gasteiger partial charge in [0.15, 0.2) is 0 Å². The highest BCUT2D eigenvalue weighted by Crippen LogP contribution is 2.00. The van der Waals surface area contributed by atoms with Crippen LogP contribution < -0.4 is 0 Å². The molecule has 1 radical (unpaired) electrons. The standard InChI is InChI=1S/C9H18NO2/c1-5-8(4)12-9(11)10(6-2)7-3/h5,8H,6-7H2,1-4H3. The first-order valence-corrected chi connectivity index (χ1v) is 4.40. The minimum atomic E-state index is -0.231. The summed E-state index contributed by atoms with van der Waals surface area (Å²) < 4.78 is 5.07. The summed E-state index contributed by atoms with van der Waals surface area (Å²) in [5, 5.41) is 0. The lowest BCUT2D eigenvalue weighted by molar-refractivity contribution is 0.0844. The fourth-order valence-electron chi connectivity index (χ4n) is 0.783. The first kappa shape index (κ1) is 11.3. The van der Waals surface area contributed by atoms with E-state index >= 15 is 0 Å². The lowest BCUT2D eigenvalue weighted by Crippen LogP contribution is -2.33. The van der Waals surface area contributed by atoms with Crippen LogP contribution in [0.4, 0.5) is 4.79 Å². The number of hydrogen-bond donors (Lipinski definition) is 0. The summed E-state index contributed by atoms with van der Waals surface area (Å²) in [6.45, 7) is 9.00. The van der Waals surface area contributed by atoms with Gasteiger partial charge in [-0.2, -0.15) is 0 Å². The minimum Gasteiger partial charge on any atom is -0.446 e. The van der Waals surface area contributed by atoms with E-state index in [1.807, 2.05) is 34.1 Å². The van der Waals surface area contributed by atoms with Gasteiger partial charge in [0.1, 0.15) is 6.10 Å². The number of amides is 1. The van der Waals surface area contributed by atoms with Gasteiger partial charge < -0.3 is 9.64 Å². The topological polar surface area (TPSA) is 29.5 Å². The number of hydrogen-bond acceptors (Lipinski definition) is 2. The molecule has 0 rings (SSSR count). The van der Waals surface area contributed by atoms with E-state index in [0.717, 1.165) is 0 Å². The molecule has 1 atom stereocenters. The molecule has 0 aromatic carbocycles. The number of carbonyl (C=O) groups excluding carboxylic acids is 1. The van der Waals surface area contributed by atoms with E-state index in [9.17, 15) is 4.79 Å². The molecule has 0 aromatic rings. The normalized spacial score (nSPS) is 12.3. The van der Waals surface area contributed by atoms with Crippen LogP contribution in [0.1, 0.15) is 27.7 Å². The van der Waals surface area contributed by atoms with Gasteiger partial charge in [-0.25, -0.2) is 4.79 Å². The maximum atomic E-state index is 11.3. The number of ether oxygens (including phenoxy) is 1. The Morgan fingerprint density at radius 3 is 2.33 bits per heavy atom. The summed E-state index contributed by atoms with van der Waals surface area (Å²) in [6, 6.07) is 0. The average molecular weight is 172 g/mol. The summed E-state index contributed by atoms with van der Waals surface area (Å²) in [7, 11) is 0. The zero-order valence-electron chi connectivity index (χ0n) is 8.33. The fraction of sp³-hybridized carbons (Fsp3) is 0.778. The van der Waals surface area contributed by atoms with Crippen molar-refractivity contribution in [1.29, 1.82) is 0 Å². The number of carbonyl (C=O) groups is 1. The van der Waals surface area contributed by atoms with E-state index in [-0.39, 0.29) is 12.2 Å². The molecule has 3 heteroatoms. The van der Waals surface area contributed by atoms with Crippen LogP contribution >= 0.6 is 0 Å². The zero-order chi connectivity index (χ0) is 9.56. The monoisotopic (exact) mass is 172 g/mol. The van der Waals surface area contributed by atoms with Crippen LogP contribution in [0.3, 0.4) is 0 Å². The molecule has 0 spiro atoms. The van der Waals surface area contributed by atoms with Gasteiger partial charge in [0, 0.05) is 13.1 Å². The highest BCUT2D eigenvalue weighted by molar-refractivity contribution is 5.67. The van der Waals surface area contributed by atoms with Crippen LogP contribution in [0.2, 0.25) is 0 Å². The molecule has 0 heterocycles. The molecular formula is C9H18NO2. The van der Waals surface area contributed by atoms with Crippen LogP contribution in [-0.4, -0.2) is 30.2 Å². The third kappa shape index (κ3) is 3.60. The van der Waals surface area contributed by atoms with Crippen LogP contribution in [0.5, 0.6) is 0 Å². The third-order valence-electron chi connectivity index (χ3n) is 1.78. The van der Waals surface area contributed by atoms with Gasteiger partial charge in [-0.15, -0.1) is 0 Å². The zero-order valence-corrected chi connectivity index (χ0v) is 8.33. The maximum Gasteiger partial charge on any atom is 0.410 e. The molecule has 0 fully saturated rings. The van der Waals surface area contributed by atoms with Crippen molar-refractivity contribution in [2.45, 2.75) is 33.8 Å². The Balaban J connectivity index is 3.84. The molecule has 0 aliphatic carbocycles. The second kappa shape index (κ2) is 5.86. The molecular weight excluding hydrogens is 154 g/mol. The molecule has 3 nitrogen and oxygen atoms in total. The van der Waals surface area contributed by atoms with Crippen LogP contribution in [-0.2, 0) is 4.74 Å². The highest BCUT2D eigenvalue weighted by Gasteiger charge is 2.12. The molecule has 0 N–H and O–H groups in total. The van der Waals surface area contributed by atoms with Crippen LogP contribution in [0.25, 0.3) is 0 Å². The molecule has 0 aliphatic heterocycles. The van der Waals surface area contributed by atoms with Gasteiger partial charge in [-0.05, 0) is 27.2 Å². The SMILES string of the molecule is C[CH]C(C)OC(=O)N(CC)CC. The van der Waals surface area contributed by atoms with Gasteiger partial charge in [0.2, 0.25) is 0 Å². The van der Waals surface area contributed by atoms with E-state index in [1.165, 1.54) is 0 Å². The largest absolute Gasteiger partial charge is 0.446 e. The first-order valence-electron chi connectivity index (χ1n) is 4.40. The summed E-state index contributed by atoms with van der Waals surface area (Å²) in [5.41, 5.74) is 0. The Labute approximate surface area is 74.7 Å². The smallest absolute Gasteiger partial charge is 0.410 e. The van der Waals surface area contributed by atoms with Crippen molar-refractivity contribution in [3.8, 4) is 0 Å². The fourth-order valence-corrected chi connectivity index (χ4v) is 0.783. The predicted octanol–water partition coefficient (Wildman–Crippen LogP) is 2.08. The lowest BCUT2D eigenvalue weighted by Gasteiger charge is -2.20. The van der Waals surface area contributed by atoms with Gasteiger partial charge in [-0.1, -0.05) is 6.92 Å². The van der Waals surface area contributed by atoms with Crippen molar-refractivity contribution in [2.24, 2.45) is 0 Å². The Kier molecular flexibility index (Phi) is 5.51. The van der Waals surface area contributed by atoms with Crippen molar-refractivity contribution in [3.63, 3.8) is 0 Å². The van der Waals surface area contributed by atoms with E-state index in [4.69, 9.17) is 4.74 Å². The average Bonchev–Trinajstić information content (AvgIpc) is 2.06. The summed E-state index contributed by atoms with van der Waals surface area (Å²) in [5.74, 6) is 0. The van der Waals surface area contributed by atoms with Gasteiger partial charge >= 0.3 is 6.09 Å². The molecule has 0 saturated heterocycles. The Bertz CT molecular complexity index is 132. The quantitative estimate of drug-likeness (QED) is 0.649. The van der Waals surface area contributed by atoms with Crippen molar-refractivity contribution in [2.75, 3.05) is 13.1 Å².